The molecule has 0 saturated heterocycles. The molecular weight excluding hydrogens is 443 g/mol. The molecule has 0 unspecified atom stereocenters. The van der Waals surface area contributed by atoms with E-state index in [-0.39, 0.29) is 5.82 Å². The molecule has 0 fully saturated rings. The molecule has 100 valence electrons. The van der Waals surface area contributed by atoms with Gasteiger partial charge in [0.1, 0.15) is 18.2 Å². The Balaban J connectivity index is 2.12. The van der Waals surface area contributed by atoms with Crippen molar-refractivity contribution in [3.63, 3.8) is 0 Å². The molecule has 0 heterocycles. The molecule has 0 aromatic heterocycles. The number of hydrogen-bond donors (Lipinski definition) is 0. The number of ether oxygens (including phenoxy) is 1. The van der Waals surface area contributed by atoms with Gasteiger partial charge >= 0.3 is 0 Å². The number of benzene rings is 2. The van der Waals surface area contributed by atoms with Crippen molar-refractivity contribution in [2.45, 2.75) is 11.9 Å². The number of alkyl halides is 1. The molecule has 0 aliphatic rings. The predicted octanol–water partition coefficient (Wildman–Crippen LogP) is 5.82. The van der Waals surface area contributed by atoms with Gasteiger partial charge in [0.2, 0.25) is 0 Å². The Morgan fingerprint density at radius 2 is 1.84 bits per heavy atom. The van der Waals surface area contributed by atoms with Crippen LogP contribution in [0.25, 0.3) is 0 Å². The maximum Gasteiger partial charge on any atom is 0.137 e. The van der Waals surface area contributed by atoms with Crippen molar-refractivity contribution in [2.24, 2.45) is 0 Å². The van der Waals surface area contributed by atoms with E-state index >= 15 is 0 Å². The summed E-state index contributed by atoms with van der Waals surface area (Å²) in [6.07, 6.45) is 0. The molecule has 0 saturated carbocycles. The minimum atomic E-state index is -0.280. The van der Waals surface area contributed by atoms with Gasteiger partial charge in [-0.3, -0.25) is 0 Å². The van der Waals surface area contributed by atoms with Crippen molar-refractivity contribution in [3.05, 3.63) is 62.3 Å². The maximum absolute atomic E-state index is 13.4. The first-order valence-electron chi connectivity index (χ1n) is 5.52. The first-order chi connectivity index (χ1) is 9.11. The van der Waals surface area contributed by atoms with Crippen molar-refractivity contribution in [1.82, 2.24) is 0 Å². The van der Waals surface area contributed by atoms with Gasteiger partial charge in [0.05, 0.1) is 4.47 Å². The third-order valence-corrected chi connectivity index (χ3v) is 4.85. The van der Waals surface area contributed by atoms with E-state index in [1.165, 1.54) is 6.07 Å². The van der Waals surface area contributed by atoms with Gasteiger partial charge in [-0.25, -0.2) is 4.39 Å². The zero-order valence-electron chi connectivity index (χ0n) is 9.80. The lowest BCUT2D eigenvalue weighted by atomic mass is 10.2. The Hall–Kier alpha value is -0.390. The fourth-order valence-electron chi connectivity index (χ4n) is 1.56. The van der Waals surface area contributed by atoms with Crippen LogP contribution in [-0.4, -0.2) is 0 Å². The zero-order valence-corrected chi connectivity index (χ0v) is 14.6. The molecule has 0 amide bonds. The van der Waals surface area contributed by atoms with Gasteiger partial charge in [-0.2, -0.15) is 0 Å². The molecule has 0 aliphatic heterocycles. The summed E-state index contributed by atoms with van der Waals surface area (Å²) in [5.74, 6) is 0.479. The fourth-order valence-corrected chi connectivity index (χ4v) is 3.17. The van der Waals surface area contributed by atoms with Gasteiger partial charge in [0.25, 0.3) is 0 Å². The van der Waals surface area contributed by atoms with Crippen LogP contribution in [0.2, 0.25) is 0 Å². The molecule has 0 spiro atoms. The van der Waals surface area contributed by atoms with Gasteiger partial charge < -0.3 is 4.74 Å². The zero-order chi connectivity index (χ0) is 13.8. The highest BCUT2D eigenvalue weighted by atomic mass is 79.9. The van der Waals surface area contributed by atoms with Crippen LogP contribution in [0.4, 0.5) is 4.39 Å². The van der Waals surface area contributed by atoms with E-state index in [1.54, 1.807) is 6.07 Å². The molecule has 1 nitrogen and oxygen atoms in total. The molecule has 2 aromatic rings. The molecule has 0 radical (unpaired) electrons. The molecule has 5 heteroatoms. The van der Waals surface area contributed by atoms with Gasteiger partial charge in [0, 0.05) is 15.4 Å². The van der Waals surface area contributed by atoms with E-state index in [2.05, 4.69) is 47.8 Å². The average molecular weight is 453 g/mol. The topological polar surface area (TPSA) is 9.23 Å². The molecule has 0 atom stereocenters. The van der Waals surface area contributed by atoms with E-state index in [4.69, 9.17) is 4.74 Å². The van der Waals surface area contributed by atoms with E-state index < -0.39 is 0 Å². The number of hydrogen-bond acceptors (Lipinski definition) is 1. The van der Waals surface area contributed by atoms with Crippen LogP contribution in [-0.2, 0) is 11.9 Å². The smallest absolute Gasteiger partial charge is 0.137 e. The van der Waals surface area contributed by atoms with Crippen LogP contribution < -0.4 is 4.74 Å². The van der Waals surface area contributed by atoms with Crippen molar-refractivity contribution < 1.29 is 9.13 Å². The summed E-state index contributed by atoms with van der Waals surface area (Å²) in [5, 5.41) is 0.744. The Kier molecular flexibility index (Phi) is 5.42. The summed E-state index contributed by atoms with van der Waals surface area (Å²) < 4.78 is 20.5. The minimum absolute atomic E-state index is 0.280. The number of halogens is 4. The van der Waals surface area contributed by atoms with Crippen molar-refractivity contribution in [2.75, 3.05) is 0 Å². The first kappa shape index (κ1) is 15.0. The fraction of sp³-hybridized carbons (Fsp3) is 0.143. The minimum Gasteiger partial charge on any atom is -0.489 e. The maximum atomic E-state index is 13.4. The molecule has 0 bridgehead atoms. The normalized spacial score (nSPS) is 10.5. The van der Waals surface area contributed by atoms with Crippen LogP contribution in [0.5, 0.6) is 5.75 Å². The van der Waals surface area contributed by atoms with E-state index in [0.29, 0.717) is 11.1 Å². The lowest BCUT2D eigenvalue weighted by Gasteiger charge is -2.10. The van der Waals surface area contributed by atoms with Gasteiger partial charge in [-0.1, -0.05) is 44.0 Å². The van der Waals surface area contributed by atoms with Crippen molar-refractivity contribution in [1.29, 1.82) is 0 Å². The monoisotopic (exact) mass is 450 g/mol. The molecule has 2 aromatic carbocycles. The lowest BCUT2D eigenvalue weighted by Crippen LogP contribution is -1.98. The summed E-state index contributed by atoms with van der Waals surface area (Å²) >= 11 is 10.1. The summed E-state index contributed by atoms with van der Waals surface area (Å²) in [6, 6.07) is 10.7. The molecule has 19 heavy (non-hydrogen) atoms. The molecule has 2 rings (SSSR count). The second kappa shape index (κ2) is 6.86. The summed E-state index contributed by atoms with van der Waals surface area (Å²) in [4.78, 5) is 0. The number of rotatable bonds is 4. The van der Waals surface area contributed by atoms with E-state index in [0.717, 1.165) is 26.7 Å². The summed E-state index contributed by atoms with van der Waals surface area (Å²) in [6.45, 7) is 0.321. The molecule has 0 aliphatic carbocycles. The average Bonchev–Trinajstić information content (AvgIpc) is 2.42. The summed E-state index contributed by atoms with van der Waals surface area (Å²) in [7, 11) is 0. The van der Waals surface area contributed by atoms with Crippen molar-refractivity contribution >= 4 is 47.8 Å². The van der Waals surface area contributed by atoms with Gasteiger partial charge in [-0.15, -0.1) is 0 Å². The SMILES string of the molecule is Fc1cccc(COc2ccc(Br)c(CBr)c2)c1Br. The molecular formula is C14H10Br3FO. The van der Waals surface area contributed by atoms with E-state index in [9.17, 15) is 4.39 Å². The largest absolute Gasteiger partial charge is 0.489 e. The predicted molar refractivity (Wildman–Crippen MR) is 85.2 cm³/mol. The summed E-state index contributed by atoms with van der Waals surface area (Å²) in [5.41, 5.74) is 1.89. The van der Waals surface area contributed by atoms with Crippen LogP contribution in [0.15, 0.2) is 45.3 Å². The van der Waals surface area contributed by atoms with Gasteiger partial charge in [-0.05, 0) is 45.8 Å². The highest BCUT2D eigenvalue weighted by molar-refractivity contribution is 9.11. The van der Waals surface area contributed by atoms with Crippen LogP contribution >= 0.6 is 47.8 Å². The van der Waals surface area contributed by atoms with Crippen LogP contribution in [0.3, 0.4) is 0 Å². The molecule has 0 N–H and O–H groups in total. The highest BCUT2D eigenvalue weighted by Gasteiger charge is 2.06. The Bertz CT molecular complexity index is 587. The third-order valence-electron chi connectivity index (χ3n) is 2.59. The van der Waals surface area contributed by atoms with Crippen LogP contribution in [0, 0.1) is 5.82 Å². The Labute approximate surface area is 136 Å². The second-order valence-electron chi connectivity index (χ2n) is 3.89. The van der Waals surface area contributed by atoms with Gasteiger partial charge in [0.15, 0.2) is 0 Å². The quantitative estimate of drug-likeness (QED) is 0.531. The highest BCUT2D eigenvalue weighted by Crippen LogP contribution is 2.26. The lowest BCUT2D eigenvalue weighted by molar-refractivity contribution is 0.304. The Morgan fingerprint density at radius 3 is 2.58 bits per heavy atom. The van der Waals surface area contributed by atoms with E-state index in [1.807, 2.05) is 24.3 Å². The third kappa shape index (κ3) is 3.80. The standard InChI is InChI=1S/C14H10Br3FO/c15-7-10-6-11(4-5-12(10)16)19-8-9-2-1-3-13(18)14(9)17/h1-6H,7-8H2. The van der Waals surface area contributed by atoms with Crippen molar-refractivity contribution in [3.8, 4) is 5.75 Å². The first-order valence-corrected chi connectivity index (χ1v) is 8.22. The second-order valence-corrected chi connectivity index (χ2v) is 6.10. The van der Waals surface area contributed by atoms with Crippen LogP contribution in [0.1, 0.15) is 11.1 Å². The Morgan fingerprint density at radius 1 is 1.05 bits per heavy atom.